The minimum Gasteiger partial charge on any atom is -0.369 e. The van der Waals surface area contributed by atoms with E-state index in [2.05, 4.69) is 42.4 Å². The molecule has 1 aromatic rings. The van der Waals surface area contributed by atoms with Crippen LogP contribution in [0.15, 0.2) is 23.2 Å². The van der Waals surface area contributed by atoms with Gasteiger partial charge in [0.25, 0.3) is 0 Å². The maximum atomic E-state index is 6.21. The van der Waals surface area contributed by atoms with E-state index in [1.54, 1.807) is 0 Å². The number of amidine groups is 1. The Morgan fingerprint density at radius 2 is 2.33 bits per heavy atom. The Bertz CT molecular complexity index is 481. The van der Waals surface area contributed by atoms with Crippen molar-refractivity contribution in [3.63, 3.8) is 0 Å². The zero-order valence-electron chi connectivity index (χ0n) is 11.1. The molecule has 3 heteroatoms. The summed E-state index contributed by atoms with van der Waals surface area (Å²) in [7, 11) is 0. The van der Waals surface area contributed by atoms with Gasteiger partial charge in [-0.15, -0.1) is 0 Å². The van der Waals surface area contributed by atoms with Crippen LogP contribution >= 0.6 is 0 Å². The van der Waals surface area contributed by atoms with Gasteiger partial charge in [0.05, 0.1) is 12.6 Å². The average Bonchev–Trinajstić information content (AvgIpc) is 2.92. The van der Waals surface area contributed by atoms with Crippen LogP contribution in [0.4, 0.5) is 0 Å². The fourth-order valence-corrected chi connectivity index (χ4v) is 2.84. The number of rotatable bonds is 2. The molecular formula is C15H20N2O. The first kappa shape index (κ1) is 11.7. The Morgan fingerprint density at radius 1 is 1.44 bits per heavy atom. The van der Waals surface area contributed by atoms with Crippen molar-refractivity contribution in [2.75, 3.05) is 13.1 Å². The molecule has 18 heavy (non-hydrogen) atoms. The molecule has 96 valence electrons. The van der Waals surface area contributed by atoms with Crippen molar-refractivity contribution in [3.05, 3.63) is 34.9 Å². The number of aryl methyl sites for hydroxylation is 1. The molecule has 0 saturated heterocycles. The van der Waals surface area contributed by atoms with Gasteiger partial charge in [0.2, 0.25) is 0 Å². The SMILES string of the molecule is CCC1Cc2c(C)cccc2C(C2=NCCN2)O1. The van der Waals surface area contributed by atoms with Gasteiger partial charge in [-0.05, 0) is 36.5 Å². The van der Waals surface area contributed by atoms with E-state index in [0.717, 1.165) is 31.8 Å². The zero-order valence-corrected chi connectivity index (χ0v) is 11.1. The summed E-state index contributed by atoms with van der Waals surface area (Å²) < 4.78 is 6.21. The first-order valence-corrected chi connectivity index (χ1v) is 6.81. The van der Waals surface area contributed by atoms with Gasteiger partial charge in [0, 0.05) is 6.54 Å². The molecule has 0 saturated carbocycles. The molecule has 2 aliphatic heterocycles. The molecule has 0 radical (unpaired) electrons. The summed E-state index contributed by atoms with van der Waals surface area (Å²) >= 11 is 0. The minimum absolute atomic E-state index is 0.0149. The smallest absolute Gasteiger partial charge is 0.140 e. The van der Waals surface area contributed by atoms with E-state index in [9.17, 15) is 0 Å². The van der Waals surface area contributed by atoms with Gasteiger partial charge < -0.3 is 10.1 Å². The molecule has 0 spiro atoms. The summed E-state index contributed by atoms with van der Waals surface area (Å²) in [6.45, 7) is 6.19. The van der Waals surface area contributed by atoms with Crippen LogP contribution in [0.1, 0.15) is 36.1 Å². The highest BCUT2D eigenvalue weighted by Crippen LogP contribution is 2.34. The minimum atomic E-state index is 0.0149. The highest BCUT2D eigenvalue weighted by atomic mass is 16.5. The number of fused-ring (bicyclic) bond motifs is 1. The van der Waals surface area contributed by atoms with Crippen molar-refractivity contribution in [3.8, 4) is 0 Å². The lowest BCUT2D eigenvalue weighted by atomic mass is 9.89. The van der Waals surface area contributed by atoms with Gasteiger partial charge in [-0.2, -0.15) is 0 Å². The summed E-state index contributed by atoms with van der Waals surface area (Å²) in [5, 5.41) is 3.36. The van der Waals surface area contributed by atoms with Gasteiger partial charge in [0.1, 0.15) is 11.9 Å². The third-order valence-corrected chi connectivity index (χ3v) is 3.89. The maximum absolute atomic E-state index is 6.21. The van der Waals surface area contributed by atoms with Crippen LogP contribution in [-0.4, -0.2) is 25.0 Å². The first-order valence-electron chi connectivity index (χ1n) is 6.81. The fraction of sp³-hybridized carbons (Fsp3) is 0.533. The summed E-state index contributed by atoms with van der Waals surface area (Å²) in [6.07, 6.45) is 2.41. The standard InChI is InChI=1S/C15H20N2O/c1-3-11-9-13-10(2)5-4-6-12(13)14(18-11)15-16-7-8-17-15/h4-6,11,14H,3,7-9H2,1-2H3,(H,16,17). The van der Waals surface area contributed by atoms with E-state index in [1.807, 2.05) is 0 Å². The van der Waals surface area contributed by atoms with Gasteiger partial charge in [-0.25, -0.2) is 0 Å². The Kier molecular flexibility index (Phi) is 3.08. The second-order valence-electron chi connectivity index (χ2n) is 5.09. The number of aliphatic imine (C=N–C) groups is 1. The van der Waals surface area contributed by atoms with Crippen LogP contribution in [0.2, 0.25) is 0 Å². The molecule has 0 bridgehead atoms. The van der Waals surface area contributed by atoms with Gasteiger partial charge in [-0.1, -0.05) is 25.1 Å². The normalized spacial score (nSPS) is 26.4. The van der Waals surface area contributed by atoms with E-state index >= 15 is 0 Å². The molecule has 0 amide bonds. The predicted octanol–water partition coefficient (Wildman–Crippen LogP) is 2.39. The second kappa shape index (κ2) is 4.73. The quantitative estimate of drug-likeness (QED) is 0.866. The number of nitrogens with one attached hydrogen (secondary N) is 1. The number of hydrogen-bond acceptors (Lipinski definition) is 3. The molecule has 2 heterocycles. The molecule has 1 N–H and O–H groups in total. The number of nitrogens with zero attached hydrogens (tertiary/aromatic N) is 1. The number of hydrogen-bond donors (Lipinski definition) is 1. The van der Waals surface area contributed by atoms with E-state index < -0.39 is 0 Å². The van der Waals surface area contributed by atoms with Crippen molar-refractivity contribution < 1.29 is 4.74 Å². The second-order valence-corrected chi connectivity index (χ2v) is 5.09. The van der Waals surface area contributed by atoms with Crippen molar-refractivity contribution in [1.82, 2.24) is 5.32 Å². The van der Waals surface area contributed by atoms with Gasteiger partial charge >= 0.3 is 0 Å². The van der Waals surface area contributed by atoms with E-state index in [-0.39, 0.29) is 6.10 Å². The van der Waals surface area contributed by atoms with Crippen LogP contribution in [0.25, 0.3) is 0 Å². The van der Waals surface area contributed by atoms with E-state index in [0.29, 0.717) is 6.10 Å². The number of ether oxygens (including phenoxy) is 1. The lowest BCUT2D eigenvalue weighted by molar-refractivity contribution is 0.00707. The molecule has 3 nitrogen and oxygen atoms in total. The van der Waals surface area contributed by atoms with Crippen molar-refractivity contribution in [1.29, 1.82) is 0 Å². The monoisotopic (exact) mass is 244 g/mol. The van der Waals surface area contributed by atoms with Crippen LogP contribution in [0.5, 0.6) is 0 Å². The summed E-state index contributed by atoms with van der Waals surface area (Å²) in [4.78, 5) is 4.54. The Labute approximate surface area is 108 Å². The van der Waals surface area contributed by atoms with Crippen LogP contribution in [0.3, 0.4) is 0 Å². The molecule has 1 aromatic carbocycles. The molecule has 0 aromatic heterocycles. The lowest BCUT2D eigenvalue weighted by Crippen LogP contribution is -2.35. The van der Waals surface area contributed by atoms with Crippen LogP contribution < -0.4 is 5.32 Å². The van der Waals surface area contributed by atoms with Crippen molar-refractivity contribution in [2.24, 2.45) is 4.99 Å². The highest BCUT2D eigenvalue weighted by Gasteiger charge is 2.31. The number of benzene rings is 1. The molecular weight excluding hydrogens is 224 g/mol. The summed E-state index contributed by atoms with van der Waals surface area (Å²) in [5.74, 6) is 1.01. The predicted molar refractivity (Wildman–Crippen MR) is 73.1 cm³/mol. The third kappa shape index (κ3) is 1.93. The molecule has 2 atom stereocenters. The summed E-state index contributed by atoms with van der Waals surface area (Å²) in [6, 6.07) is 6.49. The Hall–Kier alpha value is -1.35. The molecule has 2 aliphatic rings. The van der Waals surface area contributed by atoms with Gasteiger partial charge in [0.15, 0.2) is 0 Å². The molecule has 2 unspecified atom stereocenters. The fourth-order valence-electron chi connectivity index (χ4n) is 2.84. The van der Waals surface area contributed by atoms with E-state index in [1.165, 1.54) is 16.7 Å². The van der Waals surface area contributed by atoms with E-state index in [4.69, 9.17) is 4.74 Å². The highest BCUT2D eigenvalue weighted by molar-refractivity contribution is 5.89. The Balaban J connectivity index is 2.02. The maximum Gasteiger partial charge on any atom is 0.140 e. The lowest BCUT2D eigenvalue weighted by Gasteiger charge is -2.33. The zero-order chi connectivity index (χ0) is 12.5. The third-order valence-electron chi connectivity index (χ3n) is 3.89. The van der Waals surface area contributed by atoms with Crippen molar-refractivity contribution in [2.45, 2.75) is 38.9 Å². The average molecular weight is 244 g/mol. The molecule has 3 rings (SSSR count). The topological polar surface area (TPSA) is 33.6 Å². The largest absolute Gasteiger partial charge is 0.369 e. The summed E-state index contributed by atoms with van der Waals surface area (Å²) in [5.41, 5.74) is 4.13. The van der Waals surface area contributed by atoms with Crippen molar-refractivity contribution >= 4 is 5.84 Å². The van der Waals surface area contributed by atoms with Crippen LogP contribution in [0, 0.1) is 6.92 Å². The van der Waals surface area contributed by atoms with Gasteiger partial charge in [-0.3, -0.25) is 4.99 Å². The molecule has 0 fully saturated rings. The van der Waals surface area contributed by atoms with Crippen LogP contribution in [-0.2, 0) is 11.2 Å². The molecule has 0 aliphatic carbocycles. The Morgan fingerprint density at radius 3 is 3.06 bits per heavy atom. The first-order chi connectivity index (χ1) is 8.79.